The van der Waals surface area contributed by atoms with Crippen LogP contribution < -0.4 is 10.1 Å². The Morgan fingerprint density at radius 1 is 1.23 bits per heavy atom. The third kappa shape index (κ3) is 3.16. The molecule has 0 fully saturated rings. The van der Waals surface area contributed by atoms with Gasteiger partial charge in [0.05, 0.1) is 28.9 Å². The number of hydrogen-bond donors (Lipinski definition) is 1. The Balaban J connectivity index is 2.54. The molecule has 0 aliphatic carbocycles. The molecule has 6 heteroatoms. The third-order valence-electron chi connectivity index (χ3n) is 3.00. The van der Waals surface area contributed by atoms with Crippen molar-refractivity contribution in [3.05, 3.63) is 28.7 Å². The number of benzene rings is 1. The van der Waals surface area contributed by atoms with Crippen molar-refractivity contribution < 1.29 is 18.5 Å². The predicted molar refractivity (Wildman–Crippen MR) is 85.8 cm³/mol. The van der Waals surface area contributed by atoms with E-state index in [0.29, 0.717) is 22.0 Å². The van der Waals surface area contributed by atoms with Crippen LogP contribution >= 0.6 is 0 Å². The smallest absolute Gasteiger partial charge is 0.264 e. The van der Waals surface area contributed by atoms with E-state index in [4.69, 9.17) is 9.47 Å². The van der Waals surface area contributed by atoms with Crippen molar-refractivity contribution in [3.8, 4) is 5.75 Å². The molecule has 0 saturated carbocycles. The average Bonchev–Trinajstić information content (AvgIpc) is 2.70. The number of carbonyl (C=O) groups is 1. The van der Waals surface area contributed by atoms with Gasteiger partial charge >= 0.3 is 0 Å². The van der Waals surface area contributed by atoms with Gasteiger partial charge in [-0.3, -0.25) is 4.79 Å². The zero-order valence-electron chi connectivity index (χ0n) is 13.4. The van der Waals surface area contributed by atoms with Gasteiger partial charge in [-0.05, 0) is 45.9 Å². The molecule has 22 heavy (non-hydrogen) atoms. The maximum atomic E-state index is 12.7. The number of hydrogen-bond acceptors (Lipinski definition) is 4. The third-order valence-corrected chi connectivity index (χ3v) is 4.50. The summed E-state index contributed by atoms with van der Waals surface area (Å²) in [5.41, 5.74) is 0.653. The Morgan fingerprint density at radius 2 is 1.91 bits per heavy atom. The number of methoxy groups -OCH3 is 1. The van der Waals surface area contributed by atoms with Crippen molar-refractivity contribution in [1.29, 1.82) is 0 Å². The molecule has 1 unspecified atom stereocenters. The van der Waals surface area contributed by atoms with E-state index in [1.165, 1.54) is 0 Å². The normalized spacial score (nSPS) is 17.0. The first-order valence-corrected chi connectivity index (χ1v) is 8.32. The Hall–Kier alpha value is -1.82. The fourth-order valence-electron chi connectivity index (χ4n) is 2.16. The minimum absolute atomic E-state index is 0.0458. The van der Waals surface area contributed by atoms with Crippen molar-refractivity contribution in [1.82, 2.24) is 5.32 Å². The summed E-state index contributed by atoms with van der Waals surface area (Å²) >= 11 is 0. The molecule has 2 rings (SSSR count). The van der Waals surface area contributed by atoms with Gasteiger partial charge in [0.1, 0.15) is 11.5 Å². The summed E-state index contributed by atoms with van der Waals surface area (Å²) in [7, 11) is 0.0104. The van der Waals surface area contributed by atoms with E-state index in [9.17, 15) is 9.00 Å². The molecule has 5 nitrogen and oxygen atoms in total. The molecule has 0 saturated heterocycles. The highest BCUT2D eigenvalue weighted by Crippen LogP contribution is 2.39. The van der Waals surface area contributed by atoms with Crippen molar-refractivity contribution in [2.45, 2.75) is 44.7 Å². The van der Waals surface area contributed by atoms with E-state index < -0.39 is 10.8 Å². The average molecular weight is 323 g/mol. The Labute approximate surface area is 133 Å². The quantitative estimate of drug-likeness (QED) is 0.904. The lowest BCUT2D eigenvalue weighted by Gasteiger charge is -2.14. The highest BCUT2D eigenvalue weighted by Gasteiger charge is 2.35. The first-order valence-electron chi connectivity index (χ1n) is 7.17. The lowest BCUT2D eigenvalue weighted by atomic mass is 10.1. The highest BCUT2D eigenvalue weighted by molar-refractivity contribution is 7.90. The van der Waals surface area contributed by atoms with Gasteiger partial charge in [0.25, 0.3) is 5.91 Å². The van der Waals surface area contributed by atoms with Gasteiger partial charge in [0, 0.05) is 11.6 Å². The molecule has 0 radical (unpaired) electrons. The van der Waals surface area contributed by atoms with Crippen LogP contribution in [0.3, 0.4) is 0 Å². The number of carbonyl (C=O) groups excluding carboxylic acids is 1. The van der Waals surface area contributed by atoms with Crippen LogP contribution in [0.1, 0.15) is 33.3 Å². The first-order chi connectivity index (χ1) is 10.3. The van der Waals surface area contributed by atoms with E-state index in [1.807, 2.05) is 27.7 Å². The van der Waals surface area contributed by atoms with Crippen LogP contribution in [0.5, 0.6) is 5.75 Å². The molecular formula is C16H21NO4S. The summed E-state index contributed by atoms with van der Waals surface area (Å²) in [5.74, 6) is 0.644. The van der Waals surface area contributed by atoms with Crippen LogP contribution in [0.2, 0.25) is 0 Å². The predicted octanol–water partition coefficient (Wildman–Crippen LogP) is 2.43. The fourth-order valence-corrected chi connectivity index (χ4v) is 3.48. The monoisotopic (exact) mass is 323 g/mol. The van der Waals surface area contributed by atoms with Gasteiger partial charge in [-0.25, -0.2) is 4.21 Å². The number of nitrogens with one attached hydrogen (secondary N) is 1. The van der Waals surface area contributed by atoms with Crippen molar-refractivity contribution in [2.75, 3.05) is 7.11 Å². The Morgan fingerprint density at radius 3 is 2.45 bits per heavy atom. The molecule has 1 aromatic rings. The molecular weight excluding hydrogens is 302 g/mol. The van der Waals surface area contributed by atoms with E-state index in [2.05, 4.69) is 5.32 Å². The summed E-state index contributed by atoms with van der Waals surface area (Å²) in [6.07, 6.45) is -0.133. The summed E-state index contributed by atoms with van der Waals surface area (Å²) in [6.45, 7) is 7.45. The number of ether oxygens (including phenoxy) is 2. The van der Waals surface area contributed by atoms with Crippen LogP contribution in [0.4, 0.5) is 0 Å². The van der Waals surface area contributed by atoms with E-state index in [0.717, 1.165) is 0 Å². The number of rotatable bonds is 5. The maximum Gasteiger partial charge on any atom is 0.264 e. The maximum absolute atomic E-state index is 12.7. The zero-order chi connectivity index (χ0) is 16.4. The van der Waals surface area contributed by atoms with Gasteiger partial charge in [-0.2, -0.15) is 0 Å². The minimum Gasteiger partial charge on any atom is -0.497 e. The molecule has 1 atom stereocenters. The van der Waals surface area contributed by atoms with Crippen LogP contribution in [0, 0.1) is 0 Å². The summed E-state index contributed by atoms with van der Waals surface area (Å²) < 4.78 is 23.7. The molecule has 1 heterocycles. The first kappa shape index (κ1) is 16.5. The van der Waals surface area contributed by atoms with Gasteiger partial charge in [0.15, 0.2) is 4.91 Å². The second kappa shape index (κ2) is 6.52. The van der Waals surface area contributed by atoms with E-state index >= 15 is 0 Å². The standard InChI is InChI=1S/C16H21NO4S/c1-9(2)17-16(18)15-14(21-10(3)4)12-8-11(20-5)6-7-13(12)22(15)19/h6-10H,1-5H3,(H,17,18). The second-order valence-electron chi connectivity index (χ2n) is 5.58. The molecule has 1 N–H and O–H groups in total. The molecule has 120 valence electrons. The second-order valence-corrected chi connectivity index (χ2v) is 6.97. The zero-order valence-corrected chi connectivity index (χ0v) is 14.2. The van der Waals surface area contributed by atoms with Gasteiger partial charge < -0.3 is 14.8 Å². The molecule has 1 aliphatic rings. The molecule has 0 aromatic heterocycles. The highest BCUT2D eigenvalue weighted by atomic mass is 32.2. The van der Waals surface area contributed by atoms with Crippen LogP contribution in [-0.2, 0) is 20.3 Å². The number of amides is 1. The largest absolute Gasteiger partial charge is 0.497 e. The lowest BCUT2D eigenvalue weighted by molar-refractivity contribution is -0.117. The van der Waals surface area contributed by atoms with Gasteiger partial charge in [-0.1, -0.05) is 0 Å². The van der Waals surface area contributed by atoms with Crippen LogP contribution in [0.25, 0.3) is 5.76 Å². The van der Waals surface area contributed by atoms with Crippen molar-refractivity contribution in [2.24, 2.45) is 0 Å². The molecule has 1 aliphatic heterocycles. The van der Waals surface area contributed by atoms with Crippen LogP contribution in [0.15, 0.2) is 28.0 Å². The fraction of sp³-hybridized carbons (Fsp3) is 0.438. The van der Waals surface area contributed by atoms with Crippen LogP contribution in [-0.4, -0.2) is 29.4 Å². The SMILES string of the molecule is COc1ccc2c(c1)C(OC(C)C)=C(C(=O)NC(C)C)S2=O. The molecule has 0 bridgehead atoms. The van der Waals surface area contributed by atoms with Gasteiger partial charge in [-0.15, -0.1) is 0 Å². The van der Waals surface area contributed by atoms with Gasteiger partial charge in [0.2, 0.25) is 0 Å². The number of fused-ring (bicyclic) bond motifs is 1. The van der Waals surface area contributed by atoms with Crippen molar-refractivity contribution in [3.63, 3.8) is 0 Å². The molecule has 1 aromatic carbocycles. The molecule has 1 amide bonds. The Bertz CT molecular complexity index is 650. The lowest BCUT2D eigenvalue weighted by Crippen LogP contribution is -2.32. The van der Waals surface area contributed by atoms with E-state index in [1.54, 1.807) is 25.3 Å². The minimum atomic E-state index is -1.55. The molecule has 0 spiro atoms. The summed E-state index contributed by atoms with van der Waals surface area (Å²) in [5, 5.41) is 2.78. The topological polar surface area (TPSA) is 64.6 Å². The van der Waals surface area contributed by atoms with E-state index in [-0.39, 0.29) is 23.0 Å². The summed E-state index contributed by atoms with van der Waals surface area (Å²) in [6, 6.07) is 5.15. The van der Waals surface area contributed by atoms with Crippen molar-refractivity contribution >= 4 is 22.5 Å². The Kier molecular flexibility index (Phi) is 4.90. The summed E-state index contributed by atoms with van der Waals surface area (Å²) in [4.78, 5) is 13.2.